The SMILES string of the molecule is CCC(CC)CCC1CC=C(c2ccc(C(=O)O[C@H]3CC[C@H](C)CC3)cc2)CC1. The van der Waals surface area contributed by atoms with Gasteiger partial charge in [0.25, 0.3) is 0 Å². The molecule has 29 heavy (non-hydrogen) atoms. The molecule has 0 heterocycles. The van der Waals surface area contributed by atoms with Crippen LogP contribution in [0.1, 0.15) is 107 Å². The molecule has 1 aromatic rings. The molecular formula is C27H40O2. The number of allylic oxidation sites excluding steroid dienone is 2. The number of hydrogen-bond acceptors (Lipinski definition) is 2. The molecule has 1 atom stereocenters. The molecule has 1 aromatic carbocycles. The molecule has 1 saturated carbocycles. The summed E-state index contributed by atoms with van der Waals surface area (Å²) in [5.74, 6) is 2.37. The van der Waals surface area contributed by atoms with Crippen LogP contribution in [0, 0.1) is 17.8 Å². The molecule has 0 N–H and O–H groups in total. The fourth-order valence-corrected chi connectivity index (χ4v) is 4.97. The van der Waals surface area contributed by atoms with Crippen LogP contribution in [0.5, 0.6) is 0 Å². The first-order valence-corrected chi connectivity index (χ1v) is 12.1. The number of carbonyl (C=O) groups excluding carboxylic acids is 1. The summed E-state index contributed by atoms with van der Waals surface area (Å²) in [6.45, 7) is 6.93. The third kappa shape index (κ3) is 6.46. The van der Waals surface area contributed by atoms with Gasteiger partial charge in [0.15, 0.2) is 0 Å². The average Bonchev–Trinajstić information content (AvgIpc) is 2.76. The standard InChI is InChI=1S/C27H40O2/c1-4-21(5-2)8-9-22-10-12-23(13-11-22)24-14-16-25(17-15-24)27(28)29-26-18-6-20(3)7-19-26/h12,14-17,20-22,26H,4-11,13,18-19H2,1-3H3/t20-,22?,26-. The van der Waals surface area contributed by atoms with Gasteiger partial charge in [0, 0.05) is 0 Å². The lowest BCUT2D eigenvalue weighted by Gasteiger charge is -2.26. The van der Waals surface area contributed by atoms with E-state index in [0.29, 0.717) is 5.56 Å². The Kier molecular flexibility index (Phi) is 8.39. The number of carbonyl (C=O) groups is 1. The number of ether oxygens (including phenoxy) is 1. The van der Waals surface area contributed by atoms with E-state index in [2.05, 4.69) is 39.0 Å². The minimum absolute atomic E-state index is 0.108. The minimum Gasteiger partial charge on any atom is -0.459 e. The Balaban J connectivity index is 1.49. The van der Waals surface area contributed by atoms with E-state index in [1.165, 1.54) is 62.5 Å². The lowest BCUT2D eigenvalue weighted by atomic mass is 9.82. The Morgan fingerprint density at radius 2 is 1.72 bits per heavy atom. The highest BCUT2D eigenvalue weighted by atomic mass is 16.5. The first-order chi connectivity index (χ1) is 14.1. The molecule has 0 amide bonds. The molecule has 2 aliphatic rings. The van der Waals surface area contributed by atoms with Crippen molar-refractivity contribution < 1.29 is 9.53 Å². The second kappa shape index (κ2) is 11.0. The molecule has 0 aliphatic heterocycles. The fourth-order valence-electron chi connectivity index (χ4n) is 4.97. The number of rotatable bonds is 8. The van der Waals surface area contributed by atoms with Crippen LogP contribution in [-0.2, 0) is 4.74 Å². The van der Waals surface area contributed by atoms with Crippen molar-refractivity contribution in [1.82, 2.24) is 0 Å². The van der Waals surface area contributed by atoms with E-state index in [9.17, 15) is 4.79 Å². The summed E-state index contributed by atoms with van der Waals surface area (Å²) in [4.78, 5) is 12.5. The first-order valence-electron chi connectivity index (χ1n) is 12.1. The van der Waals surface area contributed by atoms with Gasteiger partial charge in [0.1, 0.15) is 6.10 Å². The Labute approximate surface area is 178 Å². The van der Waals surface area contributed by atoms with Gasteiger partial charge < -0.3 is 4.74 Å². The van der Waals surface area contributed by atoms with E-state index < -0.39 is 0 Å². The summed E-state index contributed by atoms with van der Waals surface area (Å²) in [6, 6.07) is 8.11. The lowest BCUT2D eigenvalue weighted by molar-refractivity contribution is 0.0174. The van der Waals surface area contributed by atoms with E-state index in [4.69, 9.17) is 4.74 Å². The molecular weight excluding hydrogens is 356 g/mol. The summed E-state index contributed by atoms with van der Waals surface area (Å²) in [7, 11) is 0. The van der Waals surface area contributed by atoms with Gasteiger partial charge in [-0.15, -0.1) is 0 Å². The van der Waals surface area contributed by atoms with Gasteiger partial charge in [-0.25, -0.2) is 4.79 Å². The predicted molar refractivity (Wildman–Crippen MR) is 122 cm³/mol. The largest absolute Gasteiger partial charge is 0.459 e. The van der Waals surface area contributed by atoms with Gasteiger partial charge in [-0.3, -0.25) is 0 Å². The topological polar surface area (TPSA) is 26.3 Å². The number of hydrogen-bond donors (Lipinski definition) is 0. The van der Waals surface area contributed by atoms with Crippen molar-refractivity contribution in [3.8, 4) is 0 Å². The Morgan fingerprint density at radius 3 is 2.31 bits per heavy atom. The lowest BCUT2D eigenvalue weighted by Crippen LogP contribution is -2.23. The van der Waals surface area contributed by atoms with Crippen LogP contribution in [0.2, 0.25) is 0 Å². The summed E-state index contributed by atoms with van der Waals surface area (Å²) < 4.78 is 5.74. The Hall–Kier alpha value is -1.57. The molecule has 3 rings (SSSR count). The van der Waals surface area contributed by atoms with Crippen molar-refractivity contribution in [3.05, 3.63) is 41.5 Å². The molecule has 0 radical (unpaired) electrons. The molecule has 1 unspecified atom stereocenters. The average molecular weight is 397 g/mol. The maximum absolute atomic E-state index is 12.5. The molecule has 0 spiro atoms. The molecule has 2 nitrogen and oxygen atoms in total. The van der Waals surface area contributed by atoms with Crippen LogP contribution >= 0.6 is 0 Å². The summed E-state index contributed by atoms with van der Waals surface area (Å²) in [5, 5.41) is 0. The summed E-state index contributed by atoms with van der Waals surface area (Å²) >= 11 is 0. The van der Waals surface area contributed by atoms with Crippen LogP contribution in [0.4, 0.5) is 0 Å². The summed E-state index contributed by atoms with van der Waals surface area (Å²) in [6.07, 6.45) is 16.0. The first kappa shape index (κ1) is 22.1. The highest BCUT2D eigenvalue weighted by molar-refractivity contribution is 5.90. The normalized spacial score (nSPS) is 25.0. The van der Waals surface area contributed by atoms with E-state index >= 15 is 0 Å². The Bertz CT molecular complexity index is 660. The van der Waals surface area contributed by atoms with Crippen molar-refractivity contribution in [2.75, 3.05) is 0 Å². The second-order valence-electron chi connectivity index (χ2n) is 9.49. The Morgan fingerprint density at radius 1 is 1.03 bits per heavy atom. The molecule has 0 bridgehead atoms. The zero-order valence-corrected chi connectivity index (χ0v) is 18.8. The number of benzene rings is 1. The van der Waals surface area contributed by atoms with Crippen molar-refractivity contribution in [1.29, 1.82) is 0 Å². The van der Waals surface area contributed by atoms with Gasteiger partial charge in [0.2, 0.25) is 0 Å². The van der Waals surface area contributed by atoms with Crippen molar-refractivity contribution in [2.45, 2.75) is 97.5 Å². The molecule has 160 valence electrons. The second-order valence-corrected chi connectivity index (χ2v) is 9.49. The molecule has 0 aromatic heterocycles. The fraction of sp³-hybridized carbons (Fsp3) is 0.667. The van der Waals surface area contributed by atoms with Crippen molar-refractivity contribution in [2.24, 2.45) is 17.8 Å². The predicted octanol–water partition coefficient (Wildman–Crippen LogP) is 7.82. The third-order valence-electron chi connectivity index (χ3n) is 7.39. The zero-order chi connectivity index (χ0) is 20.6. The van der Waals surface area contributed by atoms with Crippen LogP contribution in [0.25, 0.3) is 5.57 Å². The van der Waals surface area contributed by atoms with Gasteiger partial charge in [-0.1, -0.05) is 58.2 Å². The van der Waals surface area contributed by atoms with E-state index in [0.717, 1.165) is 37.0 Å². The van der Waals surface area contributed by atoms with Crippen LogP contribution in [0.3, 0.4) is 0 Å². The maximum atomic E-state index is 12.5. The maximum Gasteiger partial charge on any atom is 0.338 e. The van der Waals surface area contributed by atoms with Gasteiger partial charge in [0.05, 0.1) is 5.56 Å². The van der Waals surface area contributed by atoms with Gasteiger partial charge in [-0.05, 0) is 92.4 Å². The molecule has 2 heteroatoms. The quantitative estimate of drug-likeness (QED) is 0.419. The monoisotopic (exact) mass is 396 g/mol. The highest BCUT2D eigenvalue weighted by Crippen LogP contribution is 2.34. The van der Waals surface area contributed by atoms with Crippen molar-refractivity contribution >= 4 is 11.5 Å². The van der Waals surface area contributed by atoms with E-state index in [-0.39, 0.29) is 12.1 Å². The minimum atomic E-state index is -0.157. The number of esters is 1. The summed E-state index contributed by atoms with van der Waals surface area (Å²) in [5.41, 5.74) is 3.41. The third-order valence-corrected chi connectivity index (χ3v) is 7.39. The zero-order valence-electron chi connectivity index (χ0n) is 18.8. The van der Waals surface area contributed by atoms with Crippen LogP contribution < -0.4 is 0 Å². The van der Waals surface area contributed by atoms with Crippen LogP contribution in [-0.4, -0.2) is 12.1 Å². The molecule has 1 fully saturated rings. The van der Waals surface area contributed by atoms with Crippen molar-refractivity contribution in [3.63, 3.8) is 0 Å². The van der Waals surface area contributed by atoms with Crippen LogP contribution in [0.15, 0.2) is 30.3 Å². The molecule has 0 saturated heterocycles. The van der Waals surface area contributed by atoms with Gasteiger partial charge >= 0.3 is 5.97 Å². The van der Waals surface area contributed by atoms with E-state index in [1.807, 2.05) is 12.1 Å². The van der Waals surface area contributed by atoms with Gasteiger partial charge in [-0.2, -0.15) is 0 Å². The van der Waals surface area contributed by atoms with E-state index in [1.54, 1.807) is 0 Å². The smallest absolute Gasteiger partial charge is 0.338 e. The highest BCUT2D eigenvalue weighted by Gasteiger charge is 2.22. The molecule has 2 aliphatic carbocycles.